The van der Waals surface area contributed by atoms with Crippen LogP contribution in [0.4, 0.5) is 0 Å². The zero-order valence-corrected chi connectivity index (χ0v) is 13.0. The Morgan fingerprint density at radius 2 is 2.10 bits per heavy atom. The summed E-state index contributed by atoms with van der Waals surface area (Å²) in [5.74, 6) is 0.834. The molecule has 3 unspecified atom stereocenters. The molecule has 21 heavy (non-hydrogen) atoms. The van der Waals surface area contributed by atoms with Crippen molar-refractivity contribution in [3.63, 3.8) is 0 Å². The number of aliphatic hydroxyl groups excluding tert-OH is 1. The van der Waals surface area contributed by atoms with E-state index in [2.05, 4.69) is 23.8 Å². The second-order valence-electron chi connectivity index (χ2n) is 6.28. The van der Waals surface area contributed by atoms with Gasteiger partial charge in [0.15, 0.2) is 0 Å². The lowest BCUT2D eigenvalue weighted by Crippen LogP contribution is -2.52. The van der Waals surface area contributed by atoms with Crippen molar-refractivity contribution in [3.05, 3.63) is 29.8 Å². The zero-order valence-electron chi connectivity index (χ0n) is 13.0. The molecule has 3 rings (SSSR count). The van der Waals surface area contributed by atoms with Crippen LogP contribution in [-0.2, 0) is 0 Å². The third-order valence-electron chi connectivity index (χ3n) is 4.86. The predicted octanol–water partition coefficient (Wildman–Crippen LogP) is 1.90. The fourth-order valence-corrected chi connectivity index (χ4v) is 3.67. The van der Waals surface area contributed by atoms with E-state index in [-0.39, 0.29) is 6.04 Å². The first kappa shape index (κ1) is 14.8. The highest BCUT2D eigenvalue weighted by atomic mass is 16.5. The number of para-hydroxylation sites is 1. The third kappa shape index (κ3) is 2.93. The Bertz CT molecular complexity index is 480. The van der Waals surface area contributed by atoms with Gasteiger partial charge in [0.1, 0.15) is 18.5 Å². The van der Waals surface area contributed by atoms with Gasteiger partial charge in [0.05, 0.1) is 6.04 Å². The van der Waals surface area contributed by atoms with E-state index in [9.17, 15) is 5.11 Å². The molecule has 0 aromatic heterocycles. The monoisotopic (exact) mass is 290 g/mol. The fourth-order valence-electron chi connectivity index (χ4n) is 3.67. The van der Waals surface area contributed by atoms with Crippen molar-refractivity contribution in [1.82, 2.24) is 9.80 Å². The molecule has 2 aliphatic heterocycles. The van der Waals surface area contributed by atoms with E-state index in [0.29, 0.717) is 12.6 Å². The lowest BCUT2D eigenvalue weighted by atomic mass is 9.96. The maximum Gasteiger partial charge on any atom is 0.125 e. The van der Waals surface area contributed by atoms with Crippen LogP contribution in [0.1, 0.15) is 31.4 Å². The van der Waals surface area contributed by atoms with Gasteiger partial charge in [-0.1, -0.05) is 25.1 Å². The van der Waals surface area contributed by atoms with Crippen LogP contribution in [0.25, 0.3) is 0 Å². The number of nitrogens with zero attached hydrogens (tertiary/aromatic N) is 2. The second-order valence-corrected chi connectivity index (χ2v) is 6.28. The number of aliphatic hydroxyl groups is 1. The highest BCUT2D eigenvalue weighted by molar-refractivity contribution is 5.37. The lowest BCUT2D eigenvalue weighted by molar-refractivity contribution is -0.0161. The van der Waals surface area contributed by atoms with Crippen molar-refractivity contribution >= 4 is 0 Å². The Morgan fingerprint density at radius 3 is 2.90 bits per heavy atom. The molecule has 1 fully saturated rings. The highest BCUT2D eigenvalue weighted by Crippen LogP contribution is 2.35. The Morgan fingerprint density at radius 1 is 1.29 bits per heavy atom. The first-order chi connectivity index (χ1) is 10.2. The number of hydrogen-bond donors (Lipinski definition) is 1. The average Bonchev–Trinajstić information content (AvgIpc) is 2.69. The molecule has 0 spiro atoms. The van der Waals surface area contributed by atoms with Crippen LogP contribution in [0.5, 0.6) is 5.75 Å². The number of rotatable bonds is 2. The Labute approximate surface area is 127 Å². The Kier molecular flexibility index (Phi) is 4.48. The predicted molar refractivity (Wildman–Crippen MR) is 83.6 cm³/mol. The van der Waals surface area contributed by atoms with Gasteiger partial charge in [-0.2, -0.15) is 0 Å². The first-order valence-corrected chi connectivity index (χ1v) is 8.04. The van der Waals surface area contributed by atoms with Gasteiger partial charge in [-0.05, 0) is 32.5 Å². The van der Waals surface area contributed by atoms with Crippen molar-refractivity contribution in [2.75, 3.05) is 33.3 Å². The topological polar surface area (TPSA) is 35.9 Å². The number of likely N-dealkylation sites (N-methyl/N-ethyl adjacent to an activating group) is 1. The summed E-state index contributed by atoms with van der Waals surface area (Å²) < 4.78 is 5.90. The first-order valence-electron chi connectivity index (χ1n) is 8.04. The highest BCUT2D eigenvalue weighted by Gasteiger charge is 2.37. The molecule has 0 bridgehead atoms. The van der Waals surface area contributed by atoms with Crippen LogP contribution in [-0.4, -0.2) is 60.3 Å². The maximum atomic E-state index is 10.8. The SMILES string of the molecule is CCC1CN(C)CCCN1C1COc2ccccc2C1O. The minimum absolute atomic E-state index is 0.0661. The number of benzene rings is 1. The second kappa shape index (κ2) is 6.34. The molecule has 1 aromatic rings. The minimum atomic E-state index is -0.451. The molecule has 1 saturated heterocycles. The van der Waals surface area contributed by atoms with Crippen LogP contribution in [0.3, 0.4) is 0 Å². The molecule has 4 heteroatoms. The molecule has 1 N–H and O–H groups in total. The smallest absolute Gasteiger partial charge is 0.125 e. The molecule has 0 amide bonds. The molecule has 2 aliphatic rings. The molecule has 1 aromatic carbocycles. The Balaban J connectivity index is 1.83. The summed E-state index contributed by atoms with van der Waals surface area (Å²) in [6, 6.07) is 8.42. The van der Waals surface area contributed by atoms with Crippen LogP contribution in [0.2, 0.25) is 0 Å². The Hall–Kier alpha value is -1.10. The van der Waals surface area contributed by atoms with Crippen LogP contribution in [0.15, 0.2) is 24.3 Å². The van der Waals surface area contributed by atoms with E-state index in [1.165, 1.54) is 0 Å². The summed E-state index contributed by atoms with van der Waals surface area (Å²) in [6.45, 7) is 6.06. The van der Waals surface area contributed by atoms with Gasteiger partial charge in [0.25, 0.3) is 0 Å². The lowest BCUT2D eigenvalue weighted by Gasteiger charge is -2.41. The number of ether oxygens (including phenoxy) is 1. The molecular weight excluding hydrogens is 264 g/mol. The van der Waals surface area contributed by atoms with Gasteiger partial charge in [-0.3, -0.25) is 4.90 Å². The number of hydrogen-bond acceptors (Lipinski definition) is 4. The zero-order chi connectivity index (χ0) is 14.8. The quantitative estimate of drug-likeness (QED) is 0.902. The average molecular weight is 290 g/mol. The fraction of sp³-hybridized carbons (Fsp3) is 0.647. The summed E-state index contributed by atoms with van der Waals surface area (Å²) in [5.41, 5.74) is 0.932. The van der Waals surface area contributed by atoms with Crippen LogP contribution < -0.4 is 4.74 Å². The summed E-state index contributed by atoms with van der Waals surface area (Å²) in [4.78, 5) is 4.88. The molecule has 0 radical (unpaired) electrons. The van der Waals surface area contributed by atoms with E-state index >= 15 is 0 Å². The molecule has 4 nitrogen and oxygen atoms in total. The van der Waals surface area contributed by atoms with E-state index in [0.717, 1.165) is 43.8 Å². The van der Waals surface area contributed by atoms with Crippen molar-refractivity contribution in [3.8, 4) is 5.75 Å². The van der Waals surface area contributed by atoms with Crippen molar-refractivity contribution in [1.29, 1.82) is 0 Å². The van der Waals surface area contributed by atoms with E-state index in [4.69, 9.17) is 4.74 Å². The summed E-state index contributed by atoms with van der Waals surface area (Å²) in [5, 5.41) is 10.8. The van der Waals surface area contributed by atoms with Gasteiger partial charge in [0, 0.05) is 24.7 Å². The van der Waals surface area contributed by atoms with Crippen LogP contribution >= 0.6 is 0 Å². The molecule has 116 valence electrons. The standard InChI is InChI=1S/C17H26N2O2/c1-3-13-11-18(2)9-6-10-19(13)15-12-21-16-8-5-4-7-14(16)17(15)20/h4-5,7-8,13,15,17,20H,3,6,9-12H2,1-2H3. The molecule has 3 atom stereocenters. The van der Waals surface area contributed by atoms with E-state index in [1.807, 2.05) is 24.3 Å². The summed E-state index contributed by atoms with van der Waals surface area (Å²) >= 11 is 0. The van der Waals surface area contributed by atoms with Gasteiger partial charge >= 0.3 is 0 Å². The van der Waals surface area contributed by atoms with Gasteiger partial charge in [0.2, 0.25) is 0 Å². The maximum absolute atomic E-state index is 10.8. The molecule has 2 heterocycles. The van der Waals surface area contributed by atoms with E-state index < -0.39 is 6.10 Å². The normalized spacial score (nSPS) is 31.3. The van der Waals surface area contributed by atoms with Crippen molar-refractivity contribution in [2.45, 2.75) is 38.0 Å². The van der Waals surface area contributed by atoms with Crippen LogP contribution in [0, 0.1) is 0 Å². The molecule has 0 aliphatic carbocycles. The van der Waals surface area contributed by atoms with E-state index in [1.54, 1.807) is 0 Å². The molecule has 0 saturated carbocycles. The summed E-state index contributed by atoms with van der Waals surface area (Å²) in [7, 11) is 2.19. The van der Waals surface area contributed by atoms with Gasteiger partial charge in [-0.25, -0.2) is 0 Å². The molecular formula is C17H26N2O2. The van der Waals surface area contributed by atoms with Gasteiger partial charge < -0.3 is 14.7 Å². The largest absolute Gasteiger partial charge is 0.491 e. The summed E-state index contributed by atoms with van der Waals surface area (Å²) in [6.07, 6.45) is 1.81. The van der Waals surface area contributed by atoms with Crippen molar-refractivity contribution < 1.29 is 9.84 Å². The van der Waals surface area contributed by atoms with Gasteiger partial charge in [-0.15, -0.1) is 0 Å². The third-order valence-corrected chi connectivity index (χ3v) is 4.86. The number of fused-ring (bicyclic) bond motifs is 1. The minimum Gasteiger partial charge on any atom is -0.491 e. The van der Waals surface area contributed by atoms with Crippen molar-refractivity contribution in [2.24, 2.45) is 0 Å².